The van der Waals surface area contributed by atoms with Gasteiger partial charge < -0.3 is 19.1 Å². The Labute approximate surface area is 227 Å². The van der Waals surface area contributed by atoms with Crippen LogP contribution in [0.3, 0.4) is 0 Å². The number of benzene rings is 2. The summed E-state index contributed by atoms with van der Waals surface area (Å²) in [5.74, 6) is -1.35. The molecule has 0 spiro atoms. The van der Waals surface area contributed by atoms with Crippen LogP contribution in [0, 0.1) is 0 Å². The first-order valence-corrected chi connectivity index (χ1v) is 12.9. The van der Waals surface area contributed by atoms with Crippen molar-refractivity contribution < 1.29 is 33.4 Å². The van der Waals surface area contributed by atoms with Crippen LogP contribution >= 0.6 is 35.0 Å². The van der Waals surface area contributed by atoms with E-state index < -0.39 is 17.1 Å². The standard InChI is InChI=1S/C25H22Cl2N2O7S/c1-2-35-19-12-15(11-18(27)22(19)36-24(32)16-3-5-17(26)6-4-16)13-20-23(31)29(25(33)37-20)14-21(30)28-7-9-34-10-8-28/h3-6,11-13H,2,7-10,14H2,1H3/b20-13-. The van der Waals surface area contributed by atoms with E-state index in [4.69, 9.17) is 37.4 Å². The second-order valence-electron chi connectivity index (χ2n) is 7.92. The Morgan fingerprint density at radius 1 is 1.11 bits per heavy atom. The number of hydrogen-bond acceptors (Lipinski definition) is 8. The van der Waals surface area contributed by atoms with Crippen LogP contribution in [0.1, 0.15) is 22.8 Å². The quantitative estimate of drug-likeness (QED) is 0.275. The lowest BCUT2D eigenvalue weighted by molar-refractivity contribution is -0.139. The molecule has 2 fully saturated rings. The number of imide groups is 1. The Hall–Kier alpha value is -3.05. The molecular weight excluding hydrogens is 543 g/mol. The van der Waals surface area contributed by atoms with E-state index in [9.17, 15) is 19.2 Å². The summed E-state index contributed by atoms with van der Waals surface area (Å²) in [4.78, 5) is 53.1. The van der Waals surface area contributed by atoms with Crippen molar-refractivity contribution >= 4 is 64.1 Å². The fourth-order valence-corrected chi connectivity index (χ4v) is 4.83. The Kier molecular flexibility index (Phi) is 8.75. The molecule has 2 aromatic rings. The van der Waals surface area contributed by atoms with Crippen molar-refractivity contribution in [1.82, 2.24) is 9.80 Å². The molecule has 3 amide bonds. The molecule has 0 N–H and O–H groups in total. The molecule has 0 radical (unpaired) electrons. The van der Waals surface area contributed by atoms with Crippen molar-refractivity contribution in [3.05, 3.63) is 62.5 Å². The topological polar surface area (TPSA) is 102 Å². The minimum atomic E-state index is -0.654. The van der Waals surface area contributed by atoms with E-state index in [1.807, 2.05) is 0 Å². The van der Waals surface area contributed by atoms with Gasteiger partial charge in [-0.25, -0.2) is 4.79 Å². The molecule has 2 aromatic carbocycles. The number of nitrogens with zero attached hydrogens (tertiary/aromatic N) is 2. The molecule has 2 heterocycles. The van der Waals surface area contributed by atoms with Gasteiger partial charge in [0.25, 0.3) is 11.1 Å². The SMILES string of the molecule is CCOc1cc(/C=C2\SC(=O)N(CC(=O)N3CCOCC3)C2=O)cc(Cl)c1OC(=O)c1ccc(Cl)cc1. The van der Waals surface area contributed by atoms with E-state index in [0.717, 1.165) is 16.7 Å². The fourth-order valence-electron chi connectivity index (χ4n) is 3.61. The van der Waals surface area contributed by atoms with Crippen LogP contribution in [0.25, 0.3) is 6.08 Å². The highest BCUT2D eigenvalue weighted by molar-refractivity contribution is 8.18. The van der Waals surface area contributed by atoms with Gasteiger partial charge in [0.1, 0.15) is 6.54 Å². The van der Waals surface area contributed by atoms with Gasteiger partial charge in [0.2, 0.25) is 5.91 Å². The summed E-state index contributed by atoms with van der Waals surface area (Å²) >= 11 is 13.0. The third kappa shape index (κ3) is 6.45. The van der Waals surface area contributed by atoms with Crippen LogP contribution in [0.5, 0.6) is 11.5 Å². The minimum absolute atomic E-state index is 0.0184. The summed E-state index contributed by atoms with van der Waals surface area (Å²) < 4.78 is 16.3. The zero-order valence-electron chi connectivity index (χ0n) is 19.7. The number of carbonyl (C=O) groups excluding carboxylic acids is 4. The lowest BCUT2D eigenvalue weighted by Gasteiger charge is -2.28. The summed E-state index contributed by atoms with van der Waals surface area (Å²) in [6.45, 7) is 3.33. The number of esters is 1. The number of hydrogen-bond donors (Lipinski definition) is 0. The molecule has 4 rings (SSSR count). The van der Waals surface area contributed by atoms with Crippen LogP contribution in [0.4, 0.5) is 4.79 Å². The number of halogens is 2. The predicted octanol–water partition coefficient (Wildman–Crippen LogP) is 4.51. The van der Waals surface area contributed by atoms with Crippen molar-refractivity contribution in [3.63, 3.8) is 0 Å². The van der Waals surface area contributed by atoms with Gasteiger partial charge in [-0.1, -0.05) is 23.2 Å². The van der Waals surface area contributed by atoms with Gasteiger partial charge in [-0.2, -0.15) is 0 Å². The molecule has 9 nitrogen and oxygen atoms in total. The zero-order valence-corrected chi connectivity index (χ0v) is 22.0. The lowest BCUT2D eigenvalue weighted by atomic mass is 10.1. The average molecular weight is 565 g/mol. The Bertz CT molecular complexity index is 1260. The largest absolute Gasteiger partial charge is 0.490 e. The highest BCUT2D eigenvalue weighted by Crippen LogP contribution is 2.39. The van der Waals surface area contributed by atoms with E-state index in [-0.39, 0.29) is 46.0 Å². The van der Waals surface area contributed by atoms with E-state index >= 15 is 0 Å². The van der Waals surface area contributed by atoms with Gasteiger partial charge in [-0.15, -0.1) is 0 Å². The number of rotatable bonds is 7. The number of morpholine rings is 1. The molecular formula is C25H22Cl2N2O7S. The van der Waals surface area contributed by atoms with Gasteiger partial charge in [-0.3, -0.25) is 19.3 Å². The molecule has 12 heteroatoms. The molecule has 37 heavy (non-hydrogen) atoms. The van der Waals surface area contributed by atoms with E-state index in [2.05, 4.69) is 0 Å². The normalized spacial score (nSPS) is 16.9. The van der Waals surface area contributed by atoms with E-state index in [1.54, 1.807) is 30.0 Å². The number of ether oxygens (including phenoxy) is 3. The fraction of sp³-hybridized carbons (Fsp3) is 0.280. The molecule has 0 saturated carbocycles. The summed E-state index contributed by atoms with van der Waals surface area (Å²) in [6, 6.07) is 9.20. The maximum absolute atomic E-state index is 12.9. The van der Waals surface area contributed by atoms with Crippen LogP contribution in [0.15, 0.2) is 41.3 Å². The van der Waals surface area contributed by atoms with Crippen molar-refractivity contribution in [3.8, 4) is 11.5 Å². The van der Waals surface area contributed by atoms with Crippen LogP contribution in [0.2, 0.25) is 10.0 Å². The Morgan fingerprint density at radius 2 is 1.81 bits per heavy atom. The molecule has 0 bridgehead atoms. The first kappa shape index (κ1) is 27.0. The van der Waals surface area contributed by atoms with Crippen molar-refractivity contribution in [2.24, 2.45) is 0 Å². The maximum atomic E-state index is 12.9. The summed E-state index contributed by atoms with van der Waals surface area (Å²) in [7, 11) is 0. The van der Waals surface area contributed by atoms with Gasteiger partial charge in [-0.05, 0) is 66.7 Å². The molecule has 0 aliphatic carbocycles. The predicted molar refractivity (Wildman–Crippen MR) is 139 cm³/mol. The molecule has 2 aliphatic rings. The van der Waals surface area contributed by atoms with Crippen LogP contribution in [-0.4, -0.2) is 72.3 Å². The molecule has 0 aromatic heterocycles. The van der Waals surface area contributed by atoms with Crippen LogP contribution in [-0.2, 0) is 14.3 Å². The summed E-state index contributed by atoms with van der Waals surface area (Å²) in [6.07, 6.45) is 1.48. The second kappa shape index (κ2) is 12.0. The van der Waals surface area contributed by atoms with Crippen LogP contribution < -0.4 is 9.47 Å². The molecule has 194 valence electrons. The van der Waals surface area contributed by atoms with Crippen molar-refractivity contribution in [2.75, 3.05) is 39.5 Å². The highest BCUT2D eigenvalue weighted by atomic mass is 35.5. The second-order valence-corrected chi connectivity index (χ2v) is 9.76. The molecule has 0 unspecified atom stereocenters. The molecule has 2 aliphatic heterocycles. The third-order valence-corrected chi connectivity index (χ3v) is 6.88. The number of amides is 3. The number of carbonyl (C=O) groups is 4. The average Bonchev–Trinajstić information content (AvgIpc) is 3.14. The van der Waals surface area contributed by atoms with E-state index in [0.29, 0.717) is 36.9 Å². The van der Waals surface area contributed by atoms with Crippen molar-refractivity contribution in [2.45, 2.75) is 6.92 Å². The monoisotopic (exact) mass is 564 g/mol. The minimum Gasteiger partial charge on any atom is -0.490 e. The number of thioether (sulfide) groups is 1. The Morgan fingerprint density at radius 3 is 2.49 bits per heavy atom. The summed E-state index contributed by atoms with van der Waals surface area (Å²) in [5.41, 5.74) is 0.719. The third-order valence-electron chi connectivity index (χ3n) is 5.43. The summed E-state index contributed by atoms with van der Waals surface area (Å²) in [5, 5.41) is 0.00700. The highest BCUT2D eigenvalue weighted by Gasteiger charge is 2.37. The Balaban J connectivity index is 1.53. The van der Waals surface area contributed by atoms with E-state index in [1.165, 1.54) is 24.3 Å². The van der Waals surface area contributed by atoms with Gasteiger partial charge in [0.15, 0.2) is 11.5 Å². The smallest absolute Gasteiger partial charge is 0.343 e. The maximum Gasteiger partial charge on any atom is 0.343 e. The molecule has 2 saturated heterocycles. The van der Waals surface area contributed by atoms with Gasteiger partial charge in [0.05, 0.1) is 35.3 Å². The zero-order chi connectivity index (χ0) is 26.5. The lowest BCUT2D eigenvalue weighted by Crippen LogP contribution is -2.46. The molecule has 0 atom stereocenters. The first-order valence-electron chi connectivity index (χ1n) is 11.3. The van der Waals surface area contributed by atoms with Crippen molar-refractivity contribution in [1.29, 1.82) is 0 Å². The van der Waals surface area contributed by atoms with Gasteiger partial charge >= 0.3 is 5.97 Å². The first-order chi connectivity index (χ1) is 17.8. The van der Waals surface area contributed by atoms with Gasteiger partial charge in [0, 0.05) is 18.1 Å².